The summed E-state index contributed by atoms with van der Waals surface area (Å²) in [5, 5.41) is 23.8. The molecule has 0 bridgehead atoms. The summed E-state index contributed by atoms with van der Waals surface area (Å²) in [6.45, 7) is 6.47. The summed E-state index contributed by atoms with van der Waals surface area (Å²) in [4.78, 5) is 26.2. The Labute approximate surface area is 397 Å². The normalized spacial score (nSPS) is 13.5. The van der Waals surface area contributed by atoms with E-state index >= 15 is 0 Å². The Morgan fingerprint density at radius 3 is 1.19 bits per heavy atom. The third-order valence-electron chi connectivity index (χ3n) is 12.7. The van der Waals surface area contributed by atoms with Gasteiger partial charge in [-0.2, -0.15) is 0 Å². The van der Waals surface area contributed by atoms with Crippen molar-refractivity contribution in [3.05, 3.63) is 48.6 Å². The Morgan fingerprint density at radius 1 is 0.453 bits per heavy atom. The third kappa shape index (κ3) is 46.4. The first-order valence-electron chi connectivity index (χ1n) is 27.9. The van der Waals surface area contributed by atoms with Crippen LogP contribution in [0.4, 0.5) is 0 Å². The van der Waals surface area contributed by atoms with Crippen LogP contribution in [-0.4, -0.2) is 46.9 Å². The fourth-order valence-corrected chi connectivity index (χ4v) is 8.42. The molecule has 3 N–H and O–H groups in total. The van der Waals surface area contributed by atoms with Gasteiger partial charge in [0.1, 0.15) is 6.10 Å². The summed E-state index contributed by atoms with van der Waals surface area (Å²) < 4.78 is 5.91. The second-order valence-electron chi connectivity index (χ2n) is 19.0. The molecule has 0 saturated heterocycles. The lowest BCUT2D eigenvalue weighted by atomic mass is 10.0. The number of ether oxygens (including phenoxy) is 1. The zero-order chi connectivity index (χ0) is 46.7. The van der Waals surface area contributed by atoms with E-state index in [9.17, 15) is 19.8 Å². The Bertz CT molecular complexity index is 1100. The zero-order valence-electron chi connectivity index (χ0n) is 42.7. The molecule has 6 heteroatoms. The summed E-state index contributed by atoms with van der Waals surface area (Å²) in [5.74, 6) is -0.545. The Morgan fingerprint density at radius 2 is 0.797 bits per heavy atom. The van der Waals surface area contributed by atoms with Crippen LogP contribution in [0.15, 0.2) is 48.6 Å². The molecule has 0 radical (unpaired) electrons. The largest absolute Gasteiger partial charge is 0.462 e. The monoisotopic (exact) mass is 898 g/mol. The van der Waals surface area contributed by atoms with Crippen LogP contribution in [0.25, 0.3) is 0 Å². The van der Waals surface area contributed by atoms with Gasteiger partial charge in [-0.3, -0.25) is 9.59 Å². The lowest BCUT2D eigenvalue weighted by Gasteiger charge is -2.24. The zero-order valence-corrected chi connectivity index (χ0v) is 42.7. The van der Waals surface area contributed by atoms with Gasteiger partial charge in [0.25, 0.3) is 0 Å². The number of hydrogen-bond acceptors (Lipinski definition) is 5. The first-order chi connectivity index (χ1) is 31.5. The maximum atomic E-state index is 13.2. The highest BCUT2D eigenvalue weighted by molar-refractivity contribution is 5.77. The van der Waals surface area contributed by atoms with Crippen molar-refractivity contribution in [2.45, 2.75) is 302 Å². The first kappa shape index (κ1) is 61.8. The lowest BCUT2D eigenvalue weighted by molar-refractivity contribution is -0.151. The molecule has 3 atom stereocenters. The maximum absolute atomic E-state index is 13.2. The van der Waals surface area contributed by atoms with Crippen LogP contribution in [-0.2, 0) is 14.3 Å². The number of carbonyl (C=O) groups excluding carboxylic acids is 2. The van der Waals surface area contributed by atoms with Crippen molar-refractivity contribution in [2.75, 3.05) is 6.61 Å². The van der Waals surface area contributed by atoms with Gasteiger partial charge in [0.2, 0.25) is 5.91 Å². The summed E-state index contributed by atoms with van der Waals surface area (Å²) >= 11 is 0. The second-order valence-corrected chi connectivity index (χ2v) is 19.0. The van der Waals surface area contributed by atoms with Crippen molar-refractivity contribution >= 4 is 11.9 Å². The molecular weight excluding hydrogens is 791 g/mol. The molecule has 0 aliphatic carbocycles. The van der Waals surface area contributed by atoms with Gasteiger partial charge < -0.3 is 20.3 Å². The van der Waals surface area contributed by atoms with Gasteiger partial charge >= 0.3 is 5.97 Å². The Hall–Kier alpha value is -2.18. The number of nitrogens with one attached hydrogen (secondary N) is 1. The SMILES string of the molecule is CCCCCCCCC/C=C/C=C/CCCCCC(=O)OC(CCC/C=C/C=C/CCCCCCCCC)CC(=O)NC(CO)C(O)CCCCCCCCCCCCCCCCC. The summed E-state index contributed by atoms with van der Waals surface area (Å²) in [6, 6.07) is -0.721. The number of amides is 1. The van der Waals surface area contributed by atoms with Gasteiger partial charge in [-0.1, -0.05) is 249 Å². The number of hydrogen-bond donors (Lipinski definition) is 3. The molecule has 0 aromatic heterocycles. The van der Waals surface area contributed by atoms with Crippen molar-refractivity contribution < 1.29 is 24.5 Å². The molecule has 0 aromatic carbocycles. The smallest absolute Gasteiger partial charge is 0.306 e. The van der Waals surface area contributed by atoms with Crippen molar-refractivity contribution in [1.29, 1.82) is 0 Å². The summed E-state index contributed by atoms with van der Waals surface area (Å²) in [5.41, 5.74) is 0. The van der Waals surface area contributed by atoms with E-state index in [0.717, 1.165) is 70.6 Å². The molecule has 0 aliphatic rings. The van der Waals surface area contributed by atoms with E-state index < -0.39 is 18.2 Å². The molecule has 0 aromatic rings. The molecule has 0 fully saturated rings. The highest BCUT2D eigenvalue weighted by Crippen LogP contribution is 2.17. The molecular formula is C58H107NO5. The van der Waals surface area contributed by atoms with Crippen molar-refractivity contribution in [3.8, 4) is 0 Å². The van der Waals surface area contributed by atoms with E-state index in [4.69, 9.17) is 4.74 Å². The average Bonchev–Trinajstić information content (AvgIpc) is 3.29. The van der Waals surface area contributed by atoms with E-state index in [1.807, 2.05) is 0 Å². The van der Waals surface area contributed by atoms with Gasteiger partial charge in [-0.25, -0.2) is 0 Å². The van der Waals surface area contributed by atoms with Crippen LogP contribution < -0.4 is 5.32 Å². The Kier molecular flexibility index (Phi) is 50.0. The van der Waals surface area contributed by atoms with E-state index in [-0.39, 0.29) is 24.9 Å². The minimum Gasteiger partial charge on any atom is -0.462 e. The van der Waals surface area contributed by atoms with Crippen LogP contribution in [0, 0.1) is 0 Å². The number of esters is 1. The first-order valence-corrected chi connectivity index (χ1v) is 27.9. The fourth-order valence-electron chi connectivity index (χ4n) is 8.42. The van der Waals surface area contributed by atoms with Gasteiger partial charge in [0.15, 0.2) is 0 Å². The molecule has 64 heavy (non-hydrogen) atoms. The molecule has 3 unspecified atom stereocenters. The van der Waals surface area contributed by atoms with Crippen LogP contribution in [0.2, 0.25) is 0 Å². The molecule has 0 rings (SSSR count). The lowest BCUT2D eigenvalue weighted by Crippen LogP contribution is -2.46. The van der Waals surface area contributed by atoms with Crippen molar-refractivity contribution in [3.63, 3.8) is 0 Å². The van der Waals surface area contributed by atoms with Crippen LogP contribution in [0.3, 0.4) is 0 Å². The third-order valence-corrected chi connectivity index (χ3v) is 12.7. The van der Waals surface area contributed by atoms with Crippen molar-refractivity contribution in [2.24, 2.45) is 0 Å². The fraction of sp³-hybridized carbons (Fsp3) is 0.828. The summed E-state index contributed by atoms with van der Waals surface area (Å²) in [6.07, 6.45) is 63.2. The highest BCUT2D eigenvalue weighted by Gasteiger charge is 2.24. The molecule has 0 saturated carbocycles. The number of aliphatic hydroxyl groups excluding tert-OH is 2. The predicted octanol–water partition coefficient (Wildman–Crippen LogP) is 17.0. The standard InChI is InChI=1S/C58H107NO5/c1-4-7-10-13-16-19-22-25-28-30-33-36-39-42-45-48-51-58(63)64-54(49-46-43-40-37-34-31-27-24-21-18-15-12-9-6-3)52-57(62)59-55(53-60)56(61)50-47-44-41-38-35-32-29-26-23-20-17-14-11-8-5-2/h28,30-31,33-34,36-37,40,54-56,60-61H,4-27,29,32,35,38-39,41-53H2,1-3H3,(H,59,62)/b30-28+,34-31+,36-33+,40-37+. The van der Waals surface area contributed by atoms with E-state index in [2.05, 4.69) is 74.7 Å². The number of aliphatic hydroxyl groups is 2. The predicted molar refractivity (Wildman–Crippen MR) is 278 cm³/mol. The number of allylic oxidation sites excluding steroid dienone is 8. The molecule has 1 amide bonds. The minimum absolute atomic E-state index is 0.0350. The van der Waals surface area contributed by atoms with Crippen LogP contribution >= 0.6 is 0 Å². The number of carbonyl (C=O) groups is 2. The van der Waals surface area contributed by atoms with Gasteiger partial charge in [0, 0.05) is 6.42 Å². The molecule has 0 spiro atoms. The van der Waals surface area contributed by atoms with E-state index in [0.29, 0.717) is 19.3 Å². The minimum atomic E-state index is -0.804. The molecule has 6 nitrogen and oxygen atoms in total. The summed E-state index contributed by atoms with van der Waals surface area (Å²) in [7, 11) is 0. The maximum Gasteiger partial charge on any atom is 0.306 e. The molecule has 0 aliphatic heterocycles. The second kappa shape index (κ2) is 51.8. The van der Waals surface area contributed by atoms with Crippen LogP contribution in [0.5, 0.6) is 0 Å². The number of rotatable bonds is 50. The highest BCUT2D eigenvalue weighted by atomic mass is 16.5. The van der Waals surface area contributed by atoms with E-state index in [1.165, 1.54) is 167 Å². The van der Waals surface area contributed by atoms with Gasteiger partial charge in [-0.15, -0.1) is 0 Å². The van der Waals surface area contributed by atoms with Crippen LogP contribution in [0.1, 0.15) is 284 Å². The van der Waals surface area contributed by atoms with Crippen molar-refractivity contribution in [1.82, 2.24) is 5.32 Å². The molecule has 0 heterocycles. The Balaban J connectivity index is 4.64. The number of unbranched alkanes of at least 4 members (excludes halogenated alkanes) is 32. The van der Waals surface area contributed by atoms with Gasteiger partial charge in [-0.05, 0) is 70.6 Å². The van der Waals surface area contributed by atoms with Gasteiger partial charge in [0.05, 0.1) is 25.2 Å². The quantitative estimate of drug-likeness (QED) is 0.0321. The van der Waals surface area contributed by atoms with E-state index in [1.54, 1.807) is 0 Å². The average molecular weight is 898 g/mol. The topological polar surface area (TPSA) is 95.9 Å². The molecule has 374 valence electrons.